The molecule has 7 nitrogen and oxygen atoms in total. The van der Waals surface area contributed by atoms with Gasteiger partial charge in [-0.1, -0.05) is 31.9 Å². The Morgan fingerprint density at radius 2 is 1.90 bits per heavy atom. The van der Waals surface area contributed by atoms with E-state index >= 15 is 0 Å². The number of nitrogens with one attached hydrogen (secondary N) is 1. The maximum Gasteiger partial charge on any atom is 0.408 e. The standard InChI is InChI=1S/C21H26ClNO6/c1-6-8-12-9-18(24)27-16-11-17(14(22)10-13(12)16)28-19(25)15(7-2)23-20(26)29-21(3,4)5/h9-11,15H,6-8H2,1-5H3,(H,23,26)/t15-/m0/s1. The molecule has 1 aromatic carbocycles. The summed E-state index contributed by atoms with van der Waals surface area (Å²) in [5.74, 6) is -0.655. The molecule has 0 saturated carbocycles. The Kier molecular flexibility index (Phi) is 7.30. The minimum Gasteiger partial charge on any atom is -0.444 e. The smallest absolute Gasteiger partial charge is 0.408 e. The van der Waals surface area contributed by atoms with Crippen molar-refractivity contribution in [3.05, 3.63) is 39.2 Å². The average molecular weight is 424 g/mol. The number of ether oxygens (including phenoxy) is 2. The zero-order valence-electron chi connectivity index (χ0n) is 17.3. The summed E-state index contributed by atoms with van der Waals surface area (Å²) < 4.78 is 15.8. The minimum atomic E-state index is -0.921. The van der Waals surface area contributed by atoms with E-state index in [9.17, 15) is 14.4 Å². The number of hydrogen-bond acceptors (Lipinski definition) is 6. The first-order valence-corrected chi connectivity index (χ1v) is 9.89. The summed E-state index contributed by atoms with van der Waals surface area (Å²) in [6.45, 7) is 8.89. The lowest BCUT2D eigenvalue weighted by atomic mass is 10.1. The van der Waals surface area contributed by atoms with Crippen LogP contribution in [0, 0.1) is 0 Å². The predicted molar refractivity (Wildman–Crippen MR) is 111 cm³/mol. The van der Waals surface area contributed by atoms with Gasteiger partial charge in [0, 0.05) is 17.5 Å². The zero-order chi connectivity index (χ0) is 21.8. The maximum atomic E-state index is 12.5. The molecule has 0 aliphatic rings. The molecule has 0 aliphatic carbocycles. The van der Waals surface area contributed by atoms with Gasteiger partial charge in [0.15, 0.2) is 5.75 Å². The highest BCUT2D eigenvalue weighted by molar-refractivity contribution is 6.33. The van der Waals surface area contributed by atoms with E-state index in [1.54, 1.807) is 33.8 Å². The number of carbonyl (C=O) groups is 2. The van der Waals surface area contributed by atoms with E-state index < -0.39 is 29.3 Å². The minimum absolute atomic E-state index is 0.0467. The molecule has 29 heavy (non-hydrogen) atoms. The Labute approximate surface area is 174 Å². The first-order chi connectivity index (χ1) is 13.5. The number of rotatable bonds is 6. The lowest BCUT2D eigenvalue weighted by Gasteiger charge is -2.22. The van der Waals surface area contributed by atoms with Crippen LogP contribution in [0.2, 0.25) is 5.02 Å². The first-order valence-electron chi connectivity index (χ1n) is 9.51. The van der Waals surface area contributed by atoms with E-state index in [0.29, 0.717) is 18.2 Å². The van der Waals surface area contributed by atoms with Crippen molar-refractivity contribution in [3.63, 3.8) is 0 Å². The first kappa shape index (κ1) is 22.7. The topological polar surface area (TPSA) is 94.8 Å². The molecule has 0 bridgehead atoms. The van der Waals surface area contributed by atoms with Crippen molar-refractivity contribution < 1.29 is 23.5 Å². The quantitative estimate of drug-likeness (QED) is 0.414. The third-order valence-corrected chi connectivity index (χ3v) is 4.29. The fourth-order valence-electron chi connectivity index (χ4n) is 2.74. The number of aryl methyl sites for hydroxylation is 1. The van der Waals surface area contributed by atoms with Crippen LogP contribution in [0.1, 0.15) is 53.0 Å². The van der Waals surface area contributed by atoms with Crippen molar-refractivity contribution >= 4 is 34.6 Å². The third-order valence-electron chi connectivity index (χ3n) is 4.00. The predicted octanol–water partition coefficient (Wildman–Crippen LogP) is 4.61. The summed E-state index contributed by atoms with van der Waals surface area (Å²) >= 11 is 6.29. The van der Waals surface area contributed by atoms with Gasteiger partial charge in [-0.25, -0.2) is 14.4 Å². The number of halogens is 1. The Bertz CT molecular complexity index is 960. The van der Waals surface area contributed by atoms with Crippen LogP contribution < -0.4 is 15.7 Å². The molecule has 0 fully saturated rings. The van der Waals surface area contributed by atoms with Crippen molar-refractivity contribution in [3.8, 4) is 5.75 Å². The van der Waals surface area contributed by atoms with Crippen LogP contribution in [-0.4, -0.2) is 23.7 Å². The summed E-state index contributed by atoms with van der Waals surface area (Å²) in [5.41, 5.74) is -0.0850. The number of alkyl carbamates (subject to hydrolysis) is 1. The zero-order valence-corrected chi connectivity index (χ0v) is 18.0. The molecular formula is C21H26ClNO6. The van der Waals surface area contributed by atoms with Crippen molar-refractivity contribution in [2.75, 3.05) is 0 Å². The van der Waals surface area contributed by atoms with Crippen molar-refractivity contribution in [1.82, 2.24) is 5.32 Å². The summed E-state index contributed by atoms with van der Waals surface area (Å²) in [5, 5.41) is 3.37. The molecule has 2 rings (SSSR count). The van der Waals surface area contributed by atoms with Crippen LogP contribution in [0.3, 0.4) is 0 Å². The summed E-state index contributed by atoms with van der Waals surface area (Å²) in [4.78, 5) is 36.3. The molecule has 2 aromatic rings. The molecule has 158 valence electrons. The molecule has 0 unspecified atom stereocenters. The lowest BCUT2D eigenvalue weighted by Crippen LogP contribution is -2.44. The fraction of sp³-hybridized carbons (Fsp3) is 0.476. The lowest BCUT2D eigenvalue weighted by molar-refractivity contribution is -0.136. The van der Waals surface area contributed by atoms with E-state index in [-0.39, 0.29) is 16.4 Å². The van der Waals surface area contributed by atoms with Gasteiger partial charge in [0.25, 0.3) is 0 Å². The second kappa shape index (κ2) is 9.31. The number of carbonyl (C=O) groups excluding carboxylic acids is 2. The highest BCUT2D eigenvalue weighted by atomic mass is 35.5. The second-order valence-corrected chi connectivity index (χ2v) is 8.05. The molecule has 1 atom stereocenters. The summed E-state index contributed by atoms with van der Waals surface area (Å²) in [6.07, 6.45) is 1.11. The van der Waals surface area contributed by atoms with Gasteiger partial charge in [0.05, 0.1) is 5.02 Å². The van der Waals surface area contributed by atoms with E-state index in [4.69, 9.17) is 25.5 Å². The van der Waals surface area contributed by atoms with Gasteiger partial charge in [-0.05, 0) is 45.2 Å². The molecule has 1 amide bonds. The Morgan fingerprint density at radius 3 is 2.48 bits per heavy atom. The van der Waals surface area contributed by atoms with Gasteiger partial charge < -0.3 is 19.2 Å². The monoisotopic (exact) mass is 423 g/mol. The average Bonchev–Trinajstić information content (AvgIpc) is 2.59. The molecule has 0 saturated heterocycles. The second-order valence-electron chi connectivity index (χ2n) is 7.65. The van der Waals surface area contributed by atoms with Crippen molar-refractivity contribution in [2.45, 2.75) is 65.5 Å². The van der Waals surface area contributed by atoms with Crippen LogP contribution in [0.5, 0.6) is 5.75 Å². The van der Waals surface area contributed by atoms with Gasteiger partial charge in [0.1, 0.15) is 17.2 Å². The van der Waals surface area contributed by atoms with Gasteiger partial charge in [-0.15, -0.1) is 0 Å². The summed E-state index contributed by atoms with van der Waals surface area (Å²) in [6, 6.07) is 3.53. The molecule has 1 aromatic heterocycles. The van der Waals surface area contributed by atoms with E-state index in [0.717, 1.165) is 12.0 Å². The van der Waals surface area contributed by atoms with Gasteiger partial charge >= 0.3 is 17.7 Å². The van der Waals surface area contributed by atoms with E-state index in [1.807, 2.05) is 6.92 Å². The highest BCUT2D eigenvalue weighted by Crippen LogP contribution is 2.32. The van der Waals surface area contributed by atoms with Gasteiger partial charge in [0.2, 0.25) is 0 Å². The van der Waals surface area contributed by atoms with E-state index in [1.165, 1.54) is 12.1 Å². The molecular weight excluding hydrogens is 398 g/mol. The Hall–Kier alpha value is -2.54. The number of benzene rings is 1. The number of esters is 1. The molecule has 0 spiro atoms. The molecule has 0 aliphatic heterocycles. The van der Waals surface area contributed by atoms with Crippen molar-refractivity contribution in [1.29, 1.82) is 0 Å². The van der Waals surface area contributed by atoms with Crippen LogP contribution in [-0.2, 0) is 16.0 Å². The normalized spacial score (nSPS) is 12.5. The van der Waals surface area contributed by atoms with Crippen LogP contribution >= 0.6 is 11.6 Å². The number of fused-ring (bicyclic) bond motifs is 1. The molecule has 1 heterocycles. The number of amides is 1. The van der Waals surface area contributed by atoms with Gasteiger partial charge in [-0.3, -0.25) is 0 Å². The SMILES string of the molecule is CCCc1cc(=O)oc2cc(OC(=O)[C@H](CC)NC(=O)OC(C)(C)C)c(Cl)cc12. The molecule has 8 heteroatoms. The van der Waals surface area contributed by atoms with Crippen LogP contribution in [0.15, 0.2) is 27.4 Å². The van der Waals surface area contributed by atoms with Crippen molar-refractivity contribution in [2.24, 2.45) is 0 Å². The molecule has 0 radical (unpaired) electrons. The Balaban J connectivity index is 2.25. The van der Waals surface area contributed by atoms with Crippen LogP contribution in [0.4, 0.5) is 4.79 Å². The third kappa shape index (κ3) is 6.22. The van der Waals surface area contributed by atoms with Gasteiger partial charge in [-0.2, -0.15) is 0 Å². The number of hydrogen-bond donors (Lipinski definition) is 1. The largest absolute Gasteiger partial charge is 0.444 e. The molecule has 1 N–H and O–H groups in total. The summed E-state index contributed by atoms with van der Waals surface area (Å²) in [7, 11) is 0. The Morgan fingerprint density at radius 1 is 1.21 bits per heavy atom. The van der Waals surface area contributed by atoms with Crippen LogP contribution in [0.25, 0.3) is 11.0 Å². The maximum absolute atomic E-state index is 12.5. The highest BCUT2D eigenvalue weighted by Gasteiger charge is 2.25. The van der Waals surface area contributed by atoms with E-state index in [2.05, 4.69) is 5.32 Å². The fourth-order valence-corrected chi connectivity index (χ4v) is 2.94.